The third-order valence-corrected chi connectivity index (χ3v) is 23.6. The first kappa shape index (κ1) is 76.6. The van der Waals surface area contributed by atoms with Crippen LogP contribution in [-0.4, -0.2) is 48.2 Å². The maximum absolute atomic E-state index is 9.29. The highest BCUT2D eigenvalue weighted by Crippen LogP contribution is 2.55. The van der Waals surface area contributed by atoms with Crippen molar-refractivity contribution in [1.82, 2.24) is 29.9 Å². The van der Waals surface area contributed by atoms with Gasteiger partial charge in [0.05, 0.1) is 34.5 Å². The molecule has 0 bridgehead atoms. The topological polar surface area (TPSA) is 143 Å². The Morgan fingerprint density at radius 1 is 0.282 bits per heavy atom. The number of nitriles is 2. The molecule has 14 aromatic carbocycles. The number of fused-ring (bicyclic) bond motifs is 6. The minimum atomic E-state index is -0.521. The Hall–Kier alpha value is -13.0. The van der Waals surface area contributed by atoms with E-state index in [-0.39, 0.29) is 22.2 Å². The summed E-state index contributed by atoms with van der Waals surface area (Å²) >= 11 is 3.40. The van der Waals surface area contributed by atoms with Crippen molar-refractivity contribution in [3.63, 3.8) is 0 Å². The highest BCUT2D eigenvalue weighted by molar-refractivity contribution is 9.10. The van der Waals surface area contributed by atoms with Gasteiger partial charge in [0.15, 0.2) is 34.9 Å². The van der Waals surface area contributed by atoms with Gasteiger partial charge in [0.1, 0.15) is 0 Å². The molecule has 19 rings (SSSR count). The minimum Gasteiger partial charge on any atom is -0.399 e. The first-order valence-corrected chi connectivity index (χ1v) is 39.8. The Kier molecular flexibility index (Phi) is 21.2. The van der Waals surface area contributed by atoms with Crippen molar-refractivity contribution in [3.05, 3.63) is 378 Å². The van der Waals surface area contributed by atoms with Gasteiger partial charge in [0.25, 0.3) is 0 Å². The quantitative estimate of drug-likeness (QED) is 0.0856. The van der Waals surface area contributed by atoms with E-state index in [1.54, 1.807) is 0 Å². The molecule has 13 heteroatoms. The third kappa shape index (κ3) is 15.3. The van der Waals surface area contributed by atoms with Crippen LogP contribution in [0.15, 0.2) is 344 Å². The van der Waals surface area contributed by atoms with Gasteiger partial charge in [-0.3, -0.25) is 0 Å². The second-order valence-corrected chi connectivity index (χ2v) is 32.4. The summed E-state index contributed by atoms with van der Waals surface area (Å²) < 4.78 is 24.6. The van der Waals surface area contributed by atoms with Gasteiger partial charge in [-0.1, -0.05) is 347 Å². The molecule has 570 valence electrons. The Morgan fingerprint density at radius 3 is 0.923 bits per heavy atom. The summed E-state index contributed by atoms with van der Waals surface area (Å²) in [5.41, 5.74) is 28.5. The molecule has 0 N–H and O–H groups in total. The monoisotopic (exact) mass is 1610 g/mol. The molecule has 1 aliphatic heterocycles. The van der Waals surface area contributed by atoms with Crippen LogP contribution < -0.4 is 5.46 Å². The molecule has 1 saturated heterocycles. The Balaban J connectivity index is 0.000000163. The van der Waals surface area contributed by atoms with Crippen molar-refractivity contribution in [2.45, 2.75) is 77.4 Å². The smallest absolute Gasteiger partial charge is 0.399 e. The Morgan fingerprint density at radius 2 is 0.556 bits per heavy atom. The fraction of sp³-hybridized carbons (Fsp3) is 0.115. The minimum absolute atomic E-state index is 0. The van der Waals surface area contributed by atoms with Crippen LogP contribution in [0.25, 0.3) is 146 Å². The standard InChI is InChI=1S/C49H34N4.C42H38BN3O2.C13H8BrN.H3P.2H2/c1-49(2)42-16-10-9-15-41(42)45-43(49)30-29-40(44(45)36-25-21-34(22-26-36)33-19-17-32(31-50)18-20-33)35-23-27-39(28-24-35)48-52-46(37-11-5-3-6-12-37)51-47(53-48)38-13-7-4-8-14-38;1-40(2)33-20-14-13-19-32(33)35-34(40)26-25-31(36(35)43-47-41(3,4)42(5,6)48-43)27-21-23-30(24-22-27)39-45-37(28-15-9-7-10-16-28)44-38(46-39)29-17-11-8-12-18-29;14-13-7-5-12(6-8-13)11-3-1-10(9-15)2-4-11;;;/h3-30H,1-2H3;7-26H,1-6H3;1-8H;1H3;2*1H/i;;;;1+2T;1+1. The lowest BCUT2D eigenvalue weighted by molar-refractivity contribution is 0.00578. The van der Waals surface area contributed by atoms with E-state index in [1.807, 2.05) is 194 Å². The predicted octanol–water partition coefficient (Wildman–Crippen LogP) is 25.7. The van der Waals surface area contributed by atoms with Gasteiger partial charge in [-0.05, 0) is 170 Å². The van der Waals surface area contributed by atoms with Crippen molar-refractivity contribution < 1.29 is 13.7 Å². The molecule has 3 aliphatic rings. The van der Waals surface area contributed by atoms with Crippen molar-refractivity contribution in [2.24, 2.45) is 0 Å². The molecule has 1 atom stereocenters. The highest BCUT2D eigenvalue weighted by Gasteiger charge is 2.54. The van der Waals surface area contributed by atoms with Crippen molar-refractivity contribution in [3.8, 4) is 158 Å². The first-order valence-electron chi connectivity index (χ1n) is 40.0. The number of nitrogens with zero attached hydrogens (tertiary/aromatic N) is 8. The zero-order valence-electron chi connectivity index (χ0n) is 68.4. The lowest BCUT2D eigenvalue weighted by Crippen LogP contribution is -2.41. The molecule has 1 fully saturated rings. The van der Waals surface area contributed by atoms with Crippen LogP contribution in [0.4, 0.5) is 0 Å². The molecule has 0 spiro atoms. The summed E-state index contributed by atoms with van der Waals surface area (Å²) in [4.78, 5) is 29.5. The van der Waals surface area contributed by atoms with E-state index in [0.29, 0.717) is 46.1 Å². The predicted molar refractivity (Wildman–Crippen MR) is 489 cm³/mol. The van der Waals surface area contributed by atoms with Gasteiger partial charge in [-0.2, -0.15) is 20.4 Å². The van der Waals surface area contributed by atoms with E-state index < -0.39 is 18.3 Å². The maximum Gasteiger partial charge on any atom is 0.496 e. The van der Waals surface area contributed by atoms with E-state index >= 15 is 0 Å². The van der Waals surface area contributed by atoms with Crippen LogP contribution in [0.2, 0.25) is 0 Å². The molecular weight excluding hydrogens is 1510 g/mol. The van der Waals surface area contributed by atoms with Gasteiger partial charge < -0.3 is 9.31 Å². The van der Waals surface area contributed by atoms with Gasteiger partial charge >= 0.3 is 7.12 Å². The number of hydrogen-bond acceptors (Lipinski definition) is 10. The molecule has 10 nitrogen and oxygen atoms in total. The van der Waals surface area contributed by atoms with Crippen molar-refractivity contribution in [2.75, 3.05) is 0 Å². The van der Waals surface area contributed by atoms with Gasteiger partial charge in [0.2, 0.25) is 0 Å². The average molecular weight is 1610 g/mol. The maximum atomic E-state index is 9.29. The largest absolute Gasteiger partial charge is 0.496 e. The first-order chi connectivity index (χ1) is 57.3. The van der Waals surface area contributed by atoms with Crippen LogP contribution in [-0.2, 0) is 20.1 Å². The Labute approximate surface area is 701 Å². The number of halogens is 1. The molecule has 3 heterocycles. The molecule has 117 heavy (non-hydrogen) atoms. The molecule has 0 radical (unpaired) electrons. The zero-order valence-corrected chi connectivity index (χ0v) is 69.4. The second-order valence-electron chi connectivity index (χ2n) is 31.5. The van der Waals surface area contributed by atoms with Crippen LogP contribution in [0.3, 0.4) is 0 Å². The number of benzene rings is 14. The zero-order chi connectivity index (χ0) is 81.9. The third-order valence-electron chi connectivity index (χ3n) is 23.0. The van der Waals surface area contributed by atoms with E-state index in [4.69, 9.17) is 47.4 Å². The normalized spacial score (nSPS) is 13.9. The van der Waals surface area contributed by atoms with Crippen LogP contribution >= 0.6 is 25.8 Å². The van der Waals surface area contributed by atoms with Crippen molar-refractivity contribution in [1.29, 1.82) is 10.5 Å². The average Bonchev–Trinajstić information content (AvgIpc) is 1.56. The van der Waals surface area contributed by atoms with Crippen LogP contribution in [0.1, 0.15) is 93.2 Å². The van der Waals surface area contributed by atoms with E-state index in [1.165, 1.54) is 55.6 Å². The summed E-state index contributed by atoms with van der Waals surface area (Å²) in [6.45, 7) is 17.7. The number of aromatic nitrogens is 6. The number of rotatable bonds is 12. The number of hydrogen-bond donors (Lipinski definition) is 0. The SMILES string of the molecule is CC1(C)c2ccccc2-c2c1ccc(-c1ccc(-c3nc(-c4ccccc4)nc(-c4ccccc4)n3)cc1)c2-c1ccc(-c2ccc(C#N)cc2)cc1.CC1(C)c2ccccc2-c2c1ccc(-c1ccc(-c3nc(-c4ccccc4)nc(-c4ccccc4)n3)cc1)c2B1OC(C)(C)C(C)(C)O1.N#Cc1ccc(-c2ccc(Br)cc2)cc1.P.[2HH].[3H][3H]. The van der Waals surface area contributed by atoms with Crippen molar-refractivity contribution >= 4 is 38.4 Å². The fourth-order valence-corrected chi connectivity index (χ4v) is 16.3. The van der Waals surface area contributed by atoms with E-state index in [2.05, 4.69) is 229 Å². The van der Waals surface area contributed by atoms with E-state index in [0.717, 1.165) is 87.8 Å². The molecule has 0 amide bonds. The molecule has 16 aromatic rings. The molecule has 2 aromatic heterocycles. The fourth-order valence-electron chi connectivity index (χ4n) is 16.0. The Bertz CT molecular complexity index is 6330. The summed E-state index contributed by atoms with van der Waals surface area (Å²) in [6, 6.07) is 121. The molecule has 1 unspecified atom stereocenters. The highest BCUT2D eigenvalue weighted by atomic mass is 79.9. The van der Waals surface area contributed by atoms with Crippen LogP contribution in [0.5, 0.6) is 0 Å². The van der Waals surface area contributed by atoms with Gasteiger partial charge in [0, 0.05) is 53.1 Å². The molecular formula is C104H87BBrN8O2P. The van der Waals surface area contributed by atoms with E-state index in [9.17, 15) is 5.26 Å². The summed E-state index contributed by atoms with van der Waals surface area (Å²) in [5, 5.41) is 18.0. The van der Waals surface area contributed by atoms with Gasteiger partial charge in [-0.25, -0.2) is 29.9 Å². The lowest BCUT2D eigenvalue weighted by atomic mass is 9.69. The molecule has 0 saturated carbocycles. The molecule has 2 aliphatic carbocycles. The summed E-state index contributed by atoms with van der Waals surface area (Å²) in [6.07, 6.45) is 0. The van der Waals surface area contributed by atoms with Gasteiger partial charge in [-0.15, -0.1) is 0 Å². The lowest BCUT2D eigenvalue weighted by Gasteiger charge is -2.32. The second kappa shape index (κ2) is 32.3. The van der Waals surface area contributed by atoms with Crippen LogP contribution in [0, 0.1) is 22.7 Å². The summed E-state index contributed by atoms with van der Waals surface area (Å²) in [7, 11) is -0.521. The summed E-state index contributed by atoms with van der Waals surface area (Å²) in [5.74, 6) is 3.84.